The van der Waals surface area contributed by atoms with E-state index in [1.165, 1.54) is 0 Å². The molecule has 1 fully saturated rings. The van der Waals surface area contributed by atoms with Gasteiger partial charge in [-0.05, 0) is 38.0 Å². The Morgan fingerprint density at radius 1 is 1.50 bits per heavy atom. The quantitative estimate of drug-likeness (QED) is 0.865. The van der Waals surface area contributed by atoms with Crippen LogP contribution in [0.15, 0.2) is 24.3 Å². The van der Waals surface area contributed by atoms with Crippen LogP contribution in [0, 0.1) is 0 Å². The fourth-order valence-corrected chi connectivity index (χ4v) is 2.43. The van der Waals surface area contributed by atoms with Crippen LogP contribution in [0.4, 0.5) is 0 Å². The summed E-state index contributed by atoms with van der Waals surface area (Å²) >= 11 is 0. The molecule has 0 aliphatic carbocycles. The van der Waals surface area contributed by atoms with Gasteiger partial charge in [0.15, 0.2) is 0 Å². The number of nitrogens with zero attached hydrogens (tertiary/aromatic N) is 1. The minimum absolute atomic E-state index is 0.0632. The normalized spacial score (nSPS) is 23.8. The van der Waals surface area contributed by atoms with Gasteiger partial charge in [-0.25, -0.2) is 0 Å². The summed E-state index contributed by atoms with van der Waals surface area (Å²) in [7, 11) is 1.60. The third-order valence-electron chi connectivity index (χ3n) is 3.49. The zero-order valence-electron chi connectivity index (χ0n) is 10.9. The monoisotopic (exact) mass is 248 g/mol. The van der Waals surface area contributed by atoms with Crippen molar-refractivity contribution in [3.63, 3.8) is 0 Å². The second kappa shape index (κ2) is 5.40. The molecule has 2 rings (SSSR count). The van der Waals surface area contributed by atoms with Crippen molar-refractivity contribution in [2.45, 2.75) is 31.8 Å². The number of piperidine rings is 1. The van der Waals surface area contributed by atoms with E-state index in [9.17, 15) is 4.79 Å². The van der Waals surface area contributed by atoms with Gasteiger partial charge in [-0.2, -0.15) is 0 Å². The zero-order valence-corrected chi connectivity index (χ0v) is 10.9. The summed E-state index contributed by atoms with van der Waals surface area (Å²) < 4.78 is 5.15. The number of carbonyl (C=O) groups is 1. The van der Waals surface area contributed by atoms with Crippen LogP contribution >= 0.6 is 0 Å². The number of carbonyl (C=O) groups excluding carboxylic acids is 1. The van der Waals surface area contributed by atoms with Gasteiger partial charge in [0.05, 0.1) is 7.11 Å². The molecular weight excluding hydrogens is 228 g/mol. The lowest BCUT2D eigenvalue weighted by atomic mass is 9.98. The first-order valence-electron chi connectivity index (χ1n) is 6.32. The zero-order chi connectivity index (χ0) is 13.1. The maximum absolute atomic E-state index is 12.4. The van der Waals surface area contributed by atoms with Gasteiger partial charge in [0, 0.05) is 24.2 Å². The van der Waals surface area contributed by atoms with Crippen LogP contribution in [0.2, 0.25) is 0 Å². The highest BCUT2D eigenvalue weighted by Crippen LogP contribution is 2.20. The number of ether oxygens (including phenoxy) is 1. The number of nitrogens with two attached hydrogens (primary N) is 1. The van der Waals surface area contributed by atoms with Crippen molar-refractivity contribution in [3.8, 4) is 5.75 Å². The largest absolute Gasteiger partial charge is 0.497 e. The van der Waals surface area contributed by atoms with Gasteiger partial charge >= 0.3 is 0 Å². The molecule has 4 nitrogen and oxygen atoms in total. The van der Waals surface area contributed by atoms with Crippen LogP contribution in [0.5, 0.6) is 5.75 Å². The number of amides is 1. The smallest absolute Gasteiger partial charge is 0.254 e. The van der Waals surface area contributed by atoms with Crippen molar-refractivity contribution in [1.29, 1.82) is 0 Å². The average Bonchev–Trinajstić information content (AvgIpc) is 2.38. The Morgan fingerprint density at radius 2 is 2.28 bits per heavy atom. The molecule has 2 N–H and O–H groups in total. The van der Waals surface area contributed by atoms with Crippen LogP contribution in [0.3, 0.4) is 0 Å². The maximum Gasteiger partial charge on any atom is 0.254 e. The summed E-state index contributed by atoms with van der Waals surface area (Å²) in [5, 5.41) is 0. The van der Waals surface area contributed by atoms with Gasteiger partial charge in [-0.15, -0.1) is 0 Å². The molecular formula is C14H20N2O2. The van der Waals surface area contributed by atoms with E-state index in [1.807, 2.05) is 23.1 Å². The molecule has 0 saturated carbocycles. The van der Waals surface area contributed by atoms with E-state index in [1.54, 1.807) is 13.2 Å². The van der Waals surface area contributed by atoms with E-state index in [2.05, 4.69) is 6.92 Å². The molecule has 1 aliphatic rings. The highest BCUT2D eigenvalue weighted by Gasteiger charge is 2.27. The summed E-state index contributed by atoms with van der Waals surface area (Å²) in [6.07, 6.45) is 1.75. The Labute approximate surface area is 108 Å². The van der Waals surface area contributed by atoms with Gasteiger partial charge in [0.1, 0.15) is 5.75 Å². The molecule has 1 aromatic carbocycles. The van der Waals surface area contributed by atoms with Gasteiger partial charge < -0.3 is 15.4 Å². The summed E-state index contributed by atoms with van der Waals surface area (Å²) in [6, 6.07) is 7.70. The summed E-state index contributed by atoms with van der Waals surface area (Å²) in [5.74, 6) is 0.774. The first-order chi connectivity index (χ1) is 8.61. The van der Waals surface area contributed by atoms with E-state index in [0.717, 1.165) is 19.4 Å². The molecule has 1 aliphatic heterocycles. The minimum Gasteiger partial charge on any atom is -0.497 e. The predicted molar refractivity (Wildman–Crippen MR) is 70.7 cm³/mol. The van der Waals surface area contributed by atoms with Gasteiger partial charge in [-0.1, -0.05) is 6.07 Å². The molecule has 4 heteroatoms. The van der Waals surface area contributed by atoms with E-state index in [0.29, 0.717) is 11.3 Å². The number of likely N-dealkylation sites (tertiary alicyclic amines) is 1. The van der Waals surface area contributed by atoms with E-state index >= 15 is 0 Å². The fourth-order valence-electron chi connectivity index (χ4n) is 2.43. The Morgan fingerprint density at radius 3 is 2.94 bits per heavy atom. The lowest BCUT2D eigenvalue weighted by Gasteiger charge is -2.36. The Bertz CT molecular complexity index is 434. The van der Waals surface area contributed by atoms with Crippen LogP contribution < -0.4 is 10.5 Å². The molecule has 1 saturated heterocycles. The first-order valence-corrected chi connectivity index (χ1v) is 6.32. The maximum atomic E-state index is 12.4. The molecule has 0 spiro atoms. The second-order valence-electron chi connectivity index (χ2n) is 4.86. The molecule has 0 bridgehead atoms. The lowest BCUT2D eigenvalue weighted by Crippen LogP contribution is -2.48. The molecule has 1 aromatic rings. The first kappa shape index (κ1) is 12.9. The van der Waals surface area contributed by atoms with Crippen LogP contribution in [-0.2, 0) is 0 Å². The summed E-state index contributed by atoms with van der Waals surface area (Å²) in [5.41, 5.74) is 6.59. The molecule has 1 amide bonds. The number of rotatable bonds is 2. The van der Waals surface area contributed by atoms with Crippen molar-refractivity contribution < 1.29 is 9.53 Å². The molecule has 1 heterocycles. The fraction of sp³-hybridized carbons (Fsp3) is 0.500. The average molecular weight is 248 g/mol. The van der Waals surface area contributed by atoms with Crippen LogP contribution in [0.1, 0.15) is 30.1 Å². The van der Waals surface area contributed by atoms with Crippen molar-refractivity contribution in [3.05, 3.63) is 29.8 Å². The van der Waals surface area contributed by atoms with Crippen LogP contribution in [-0.4, -0.2) is 36.5 Å². The van der Waals surface area contributed by atoms with E-state index < -0.39 is 0 Å². The Balaban J connectivity index is 2.15. The topological polar surface area (TPSA) is 55.6 Å². The van der Waals surface area contributed by atoms with Gasteiger partial charge in [0.2, 0.25) is 0 Å². The van der Waals surface area contributed by atoms with Crippen molar-refractivity contribution >= 4 is 5.91 Å². The summed E-state index contributed by atoms with van der Waals surface area (Å²) in [6.45, 7) is 2.79. The van der Waals surface area contributed by atoms with E-state index in [4.69, 9.17) is 10.5 Å². The number of hydrogen-bond acceptors (Lipinski definition) is 3. The van der Waals surface area contributed by atoms with E-state index in [-0.39, 0.29) is 18.0 Å². The molecule has 0 radical (unpaired) electrons. The standard InChI is InChI=1S/C14H20N2O2/c1-10-8-12(15)6-7-16(10)14(17)11-4-3-5-13(9-11)18-2/h3-5,9-10,12H,6-8,15H2,1-2H3. The number of methoxy groups -OCH3 is 1. The van der Waals surface area contributed by atoms with Crippen molar-refractivity contribution in [1.82, 2.24) is 4.90 Å². The third-order valence-corrected chi connectivity index (χ3v) is 3.49. The molecule has 2 atom stereocenters. The highest BCUT2D eigenvalue weighted by molar-refractivity contribution is 5.94. The molecule has 2 unspecified atom stereocenters. The number of benzene rings is 1. The molecule has 98 valence electrons. The molecule has 18 heavy (non-hydrogen) atoms. The second-order valence-corrected chi connectivity index (χ2v) is 4.86. The van der Waals surface area contributed by atoms with Crippen molar-refractivity contribution in [2.75, 3.05) is 13.7 Å². The predicted octanol–water partition coefficient (Wildman–Crippen LogP) is 1.65. The Kier molecular flexibility index (Phi) is 3.87. The Hall–Kier alpha value is -1.55. The minimum atomic E-state index is 0.0632. The van der Waals surface area contributed by atoms with Crippen LogP contribution in [0.25, 0.3) is 0 Å². The lowest BCUT2D eigenvalue weighted by molar-refractivity contribution is 0.0618. The SMILES string of the molecule is COc1cccc(C(=O)N2CCC(N)CC2C)c1. The summed E-state index contributed by atoms with van der Waals surface area (Å²) in [4.78, 5) is 14.3. The highest BCUT2D eigenvalue weighted by atomic mass is 16.5. The van der Waals surface area contributed by atoms with Gasteiger partial charge in [-0.3, -0.25) is 4.79 Å². The molecule has 0 aromatic heterocycles. The van der Waals surface area contributed by atoms with Crippen molar-refractivity contribution in [2.24, 2.45) is 5.73 Å². The van der Waals surface area contributed by atoms with Gasteiger partial charge in [0.25, 0.3) is 5.91 Å². The third kappa shape index (κ3) is 2.64. The number of hydrogen-bond donors (Lipinski definition) is 1.